The minimum Gasteiger partial charge on any atom is -0.361 e. The third-order valence-electron chi connectivity index (χ3n) is 4.14. The van der Waals surface area contributed by atoms with Gasteiger partial charge < -0.3 is 4.57 Å². The summed E-state index contributed by atoms with van der Waals surface area (Å²) < 4.78 is 2.18. The molecule has 2 rings (SSSR count). The highest BCUT2D eigenvalue weighted by Gasteiger charge is 2.58. The van der Waals surface area contributed by atoms with Gasteiger partial charge in [0.25, 0.3) is 0 Å². The van der Waals surface area contributed by atoms with E-state index in [1.165, 1.54) is 0 Å². The Morgan fingerprint density at radius 2 is 1.86 bits per heavy atom. The largest absolute Gasteiger partial charge is 0.361 e. The molecule has 14 heavy (non-hydrogen) atoms. The number of fused-ring (bicyclic) bond motifs is 1. The quantitative estimate of drug-likeness (QED) is 0.369. The smallest absolute Gasteiger partial charge is 0.224 e. The van der Waals surface area contributed by atoms with Crippen molar-refractivity contribution in [3.63, 3.8) is 0 Å². The number of hydrogen-bond acceptors (Lipinski definition) is 1. The van der Waals surface area contributed by atoms with Crippen molar-refractivity contribution in [2.75, 3.05) is 0 Å². The zero-order valence-corrected chi connectivity index (χ0v) is 10.7. The molecule has 0 saturated carbocycles. The summed E-state index contributed by atoms with van der Waals surface area (Å²) in [5.41, 5.74) is 0. The van der Waals surface area contributed by atoms with E-state index in [1.807, 2.05) is 6.08 Å². The van der Waals surface area contributed by atoms with Crippen LogP contribution in [0.5, 0.6) is 0 Å². The molecule has 0 N–H and O–H groups in total. The lowest BCUT2D eigenvalue weighted by molar-refractivity contribution is -0.144. The molecule has 2 aliphatic rings. The van der Waals surface area contributed by atoms with Crippen LogP contribution in [0.25, 0.3) is 0 Å². The molecule has 0 bridgehead atoms. The van der Waals surface area contributed by atoms with Crippen molar-refractivity contribution in [1.29, 1.82) is 0 Å². The van der Waals surface area contributed by atoms with Crippen LogP contribution >= 0.6 is 0 Å². The summed E-state index contributed by atoms with van der Waals surface area (Å²) >= 11 is 0. The van der Waals surface area contributed by atoms with Gasteiger partial charge in [0.1, 0.15) is 0 Å². The van der Waals surface area contributed by atoms with E-state index < -0.39 is 8.24 Å². The Kier molecular flexibility index (Phi) is 1.79. The molecule has 0 radical (unpaired) electrons. The molecule has 2 atom stereocenters. The fraction of sp³-hybridized carbons (Fsp3) is 0.727. The fourth-order valence-electron chi connectivity index (χ4n) is 2.03. The van der Waals surface area contributed by atoms with Crippen molar-refractivity contribution in [1.82, 2.24) is 4.57 Å². The van der Waals surface area contributed by atoms with Crippen molar-refractivity contribution in [2.45, 2.75) is 44.9 Å². The van der Waals surface area contributed by atoms with E-state index in [1.54, 1.807) is 0 Å². The number of rotatable bonds is 1. The molecule has 1 aliphatic carbocycles. The molecule has 0 spiro atoms. The van der Waals surface area contributed by atoms with Crippen molar-refractivity contribution in [3.8, 4) is 0 Å². The second kappa shape index (κ2) is 2.51. The average molecular weight is 209 g/mol. The first-order chi connectivity index (χ1) is 6.27. The van der Waals surface area contributed by atoms with Crippen LogP contribution in [0.4, 0.5) is 0 Å². The third-order valence-corrected chi connectivity index (χ3v) is 9.54. The number of amides is 1. The molecule has 0 aromatic rings. The Morgan fingerprint density at radius 1 is 1.29 bits per heavy atom. The standard InChI is InChI=1S/C11H19NOSi/c1-11(2,3)14(4,5)12-9-7-6-8(9)10(12)13/h6-9H,1-5H3. The minimum atomic E-state index is -1.61. The molecular formula is C11H19NOSi. The van der Waals surface area contributed by atoms with Crippen LogP contribution in [0.15, 0.2) is 12.2 Å². The van der Waals surface area contributed by atoms with Crippen LogP contribution < -0.4 is 0 Å². The van der Waals surface area contributed by atoms with Gasteiger partial charge in [-0.3, -0.25) is 4.79 Å². The van der Waals surface area contributed by atoms with Gasteiger partial charge >= 0.3 is 0 Å². The molecule has 2 nitrogen and oxygen atoms in total. The minimum absolute atomic E-state index is 0.240. The Labute approximate surface area is 87.1 Å². The number of β-lactam (4-membered cyclic amide) rings is 1. The van der Waals surface area contributed by atoms with Gasteiger partial charge in [-0.25, -0.2) is 0 Å². The van der Waals surface area contributed by atoms with E-state index in [4.69, 9.17) is 0 Å². The summed E-state index contributed by atoms with van der Waals surface area (Å²) in [6.45, 7) is 11.4. The number of nitrogens with zero attached hydrogens (tertiary/aromatic N) is 1. The summed E-state index contributed by atoms with van der Waals surface area (Å²) in [5, 5.41) is 0.261. The van der Waals surface area contributed by atoms with Gasteiger partial charge in [0.05, 0.1) is 12.0 Å². The molecule has 1 fully saturated rings. The van der Waals surface area contributed by atoms with E-state index in [0.717, 1.165) is 0 Å². The second-order valence-corrected chi connectivity index (χ2v) is 11.0. The second-order valence-electron chi connectivity index (χ2n) is 5.92. The highest BCUT2D eigenvalue weighted by Crippen LogP contribution is 2.47. The van der Waals surface area contributed by atoms with E-state index >= 15 is 0 Å². The first-order valence-corrected chi connectivity index (χ1v) is 8.23. The Balaban J connectivity index is 2.24. The zero-order valence-electron chi connectivity index (χ0n) is 9.66. The average Bonchev–Trinajstić information content (AvgIpc) is 1.95. The van der Waals surface area contributed by atoms with Gasteiger partial charge in [-0.2, -0.15) is 0 Å². The van der Waals surface area contributed by atoms with Crippen LogP contribution in [0.1, 0.15) is 20.8 Å². The predicted molar refractivity (Wildman–Crippen MR) is 60.5 cm³/mol. The summed E-state index contributed by atoms with van der Waals surface area (Å²) in [7, 11) is -1.61. The van der Waals surface area contributed by atoms with Crippen LogP contribution in [-0.4, -0.2) is 24.7 Å². The first kappa shape index (κ1) is 9.96. The first-order valence-electron chi connectivity index (χ1n) is 5.28. The van der Waals surface area contributed by atoms with Crippen molar-refractivity contribution in [3.05, 3.63) is 12.2 Å². The van der Waals surface area contributed by atoms with Crippen molar-refractivity contribution < 1.29 is 4.79 Å². The van der Waals surface area contributed by atoms with Gasteiger partial charge in [0, 0.05) is 0 Å². The molecule has 2 unspecified atom stereocenters. The molecule has 0 aromatic heterocycles. The molecule has 3 heteroatoms. The molecule has 1 aliphatic heterocycles. The maximum atomic E-state index is 11.8. The lowest BCUT2D eigenvalue weighted by Gasteiger charge is -2.60. The molecule has 1 heterocycles. The number of carbonyl (C=O) groups excluding carboxylic acids is 1. The van der Waals surface area contributed by atoms with Gasteiger partial charge in [0.2, 0.25) is 5.91 Å². The van der Waals surface area contributed by atoms with Gasteiger partial charge in [-0.15, -0.1) is 0 Å². The molecule has 1 saturated heterocycles. The van der Waals surface area contributed by atoms with Gasteiger partial charge in [-0.1, -0.05) is 46.0 Å². The van der Waals surface area contributed by atoms with Crippen LogP contribution in [0.2, 0.25) is 18.1 Å². The lowest BCUT2D eigenvalue weighted by Crippen LogP contribution is -2.74. The van der Waals surface area contributed by atoms with Gasteiger partial charge in [-0.05, 0) is 5.04 Å². The van der Waals surface area contributed by atoms with Crippen LogP contribution in [0.3, 0.4) is 0 Å². The molecule has 0 aromatic carbocycles. The molecule has 1 amide bonds. The zero-order chi connectivity index (χ0) is 10.7. The Morgan fingerprint density at radius 3 is 2.14 bits per heavy atom. The lowest BCUT2D eigenvalue weighted by atomic mass is 9.81. The molecular weight excluding hydrogens is 190 g/mol. The summed E-state index contributed by atoms with van der Waals surface area (Å²) in [6.07, 6.45) is 4.21. The maximum Gasteiger partial charge on any atom is 0.224 e. The SMILES string of the molecule is CC(C)(C)[Si](C)(C)N1C(=O)C2C=CC21. The predicted octanol–water partition coefficient (Wildman–Crippen LogP) is 2.39. The van der Waals surface area contributed by atoms with Crippen molar-refractivity contribution >= 4 is 14.1 Å². The van der Waals surface area contributed by atoms with Crippen LogP contribution in [-0.2, 0) is 4.79 Å². The van der Waals surface area contributed by atoms with E-state index in [0.29, 0.717) is 11.9 Å². The number of carbonyl (C=O) groups is 1. The normalized spacial score (nSPS) is 30.9. The number of hydrogen-bond donors (Lipinski definition) is 0. The maximum absolute atomic E-state index is 11.8. The van der Waals surface area contributed by atoms with E-state index in [9.17, 15) is 4.79 Å². The summed E-state index contributed by atoms with van der Waals surface area (Å²) in [6, 6.07) is 0.448. The van der Waals surface area contributed by atoms with E-state index in [-0.39, 0.29) is 11.0 Å². The summed E-state index contributed by atoms with van der Waals surface area (Å²) in [4.78, 5) is 11.8. The fourth-order valence-corrected chi connectivity index (χ4v) is 4.45. The Hall–Kier alpha value is -0.573. The molecule has 78 valence electrons. The van der Waals surface area contributed by atoms with Crippen LogP contribution in [0, 0.1) is 5.92 Å². The van der Waals surface area contributed by atoms with Crippen molar-refractivity contribution in [2.24, 2.45) is 5.92 Å². The highest BCUT2D eigenvalue weighted by molar-refractivity contribution is 6.80. The Bertz CT molecular complexity index is 314. The topological polar surface area (TPSA) is 20.3 Å². The monoisotopic (exact) mass is 209 g/mol. The van der Waals surface area contributed by atoms with E-state index in [2.05, 4.69) is 44.5 Å². The van der Waals surface area contributed by atoms with Gasteiger partial charge in [0.15, 0.2) is 8.24 Å². The summed E-state index contributed by atoms with van der Waals surface area (Å²) in [5.74, 6) is 0.605. The third kappa shape index (κ3) is 0.990. The highest BCUT2D eigenvalue weighted by atomic mass is 28.3.